The highest BCUT2D eigenvalue weighted by Gasteiger charge is 2.50. The van der Waals surface area contributed by atoms with Crippen LogP contribution >= 0.6 is 0 Å². The first kappa shape index (κ1) is 20.7. The third-order valence-electron chi connectivity index (χ3n) is 3.38. The Morgan fingerprint density at radius 1 is 1.04 bits per heavy atom. The minimum atomic E-state index is -2.02. The van der Waals surface area contributed by atoms with Gasteiger partial charge >= 0.3 is 19.1 Å². The fraction of sp³-hybridized carbons (Fsp3) is 0.438. The minimum absolute atomic E-state index is 0.0230. The van der Waals surface area contributed by atoms with Gasteiger partial charge in [0, 0.05) is 13.3 Å². The van der Waals surface area contributed by atoms with Gasteiger partial charge in [-0.3, -0.25) is 4.79 Å². The molecule has 0 aromatic heterocycles. The summed E-state index contributed by atoms with van der Waals surface area (Å²) in [6.07, 6.45) is -0.202. The topological polar surface area (TPSA) is 122 Å². The molecule has 0 aliphatic carbocycles. The summed E-state index contributed by atoms with van der Waals surface area (Å²) in [5.41, 5.74) is -1.27. The summed E-state index contributed by atoms with van der Waals surface area (Å²) in [7, 11) is -1.63. The van der Waals surface area contributed by atoms with Crippen LogP contribution in [0.25, 0.3) is 0 Å². The molecule has 0 aliphatic rings. The number of hydrogen-bond donors (Lipinski definition) is 3. The molecule has 3 N–H and O–H groups in total. The molecule has 9 heteroatoms. The second-order valence-electron chi connectivity index (χ2n) is 5.32. The maximum Gasteiger partial charge on any atom is 0.488 e. The van der Waals surface area contributed by atoms with E-state index in [1.807, 2.05) is 0 Å². The third kappa shape index (κ3) is 5.30. The van der Waals surface area contributed by atoms with Crippen LogP contribution in [0.4, 0.5) is 0 Å². The van der Waals surface area contributed by atoms with Crippen LogP contribution in [0.5, 0.6) is 0 Å². The van der Waals surface area contributed by atoms with Crippen LogP contribution in [-0.2, 0) is 30.3 Å². The molecule has 0 radical (unpaired) electrons. The normalized spacial score (nSPS) is 10.8. The number of carbonyl (C=O) groups excluding carboxylic acids is 3. The number of benzene rings is 1. The molecular weight excluding hydrogens is 329 g/mol. The Morgan fingerprint density at radius 2 is 1.52 bits per heavy atom. The Bertz CT molecular complexity index is 597. The van der Waals surface area contributed by atoms with E-state index in [-0.39, 0.29) is 25.1 Å². The lowest BCUT2D eigenvalue weighted by Crippen LogP contribution is -2.62. The number of esters is 2. The lowest BCUT2D eigenvalue weighted by atomic mass is 9.79. The van der Waals surface area contributed by atoms with Crippen LogP contribution in [0.2, 0.25) is 0 Å². The van der Waals surface area contributed by atoms with Gasteiger partial charge in [-0.15, -0.1) is 0 Å². The van der Waals surface area contributed by atoms with Crippen molar-refractivity contribution in [3.05, 3.63) is 29.8 Å². The lowest BCUT2D eigenvalue weighted by Gasteiger charge is -2.29. The van der Waals surface area contributed by atoms with Crippen LogP contribution in [-0.4, -0.2) is 53.8 Å². The van der Waals surface area contributed by atoms with Gasteiger partial charge in [-0.05, 0) is 24.9 Å². The van der Waals surface area contributed by atoms with E-state index < -0.39 is 30.5 Å². The number of amides is 1. The van der Waals surface area contributed by atoms with E-state index in [2.05, 4.69) is 5.32 Å². The van der Waals surface area contributed by atoms with Crippen molar-refractivity contribution in [2.45, 2.75) is 32.7 Å². The molecule has 0 spiro atoms. The van der Waals surface area contributed by atoms with Crippen molar-refractivity contribution in [2.75, 3.05) is 13.2 Å². The quantitative estimate of drug-likeness (QED) is 0.309. The van der Waals surface area contributed by atoms with E-state index in [4.69, 9.17) is 19.5 Å². The van der Waals surface area contributed by atoms with E-state index in [0.29, 0.717) is 5.56 Å². The van der Waals surface area contributed by atoms with Gasteiger partial charge in [-0.1, -0.05) is 24.3 Å². The highest BCUT2D eigenvalue weighted by molar-refractivity contribution is 6.58. The van der Waals surface area contributed by atoms with E-state index in [1.54, 1.807) is 13.8 Å². The molecule has 1 aromatic carbocycles. The molecule has 8 nitrogen and oxygen atoms in total. The van der Waals surface area contributed by atoms with Crippen LogP contribution in [0.15, 0.2) is 24.3 Å². The molecule has 1 amide bonds. The monoisotopic (exact) mass is 351 g/mol. The summed E-state index contributed by atoms with van der Waals surface area (Å²) in [5.74, 6) is -2.44. The van der Waals surface area contributed by atoms with E-state index in [9.17, 15) is 14.4 Å². The van der Waals surface area contributed by atoms with E-state index in [1.165, 1.54) is 31.2 Å². The summed E-state index contributed by atoms with van der Waals surface area (Å²) >= 11 is 0. The highest BCUT2D eigenvalue weighted by Crippen LogP contribution is 2.18. The van der Waals surface area contributed by atoms with E-state index >= 15 is 0 Å². The lowest BCUT2D eigenvalue weighted by molar-refractivity contribution is -0.168. The minimum Gasteiger partial charge on any atom is -0.464 e. The van der Waals surface area contributed by atoms with E-state index in [0.717, 1.165) is 0 Å². The first-order valence-corrected chi connectivity index (χ1v) is 7.85. The molecular formula is C16H22BNO7. The second kappa shape index (κ2) is 9.19. The predicted molar refractivity (Wildman–Crippen MR) is 89.8 cm³/mol. The Kier molecular flexibility index (Phi) is 7.59. The predicted octanol–water partition coefficient (Wildman–Crippen LogP) is -1.09. The van der Waals surface area contributed by atoms with Gasteiger partial charge in [0.25, 0.3) is 0 Å². The van der Waals surface area contributed by atoms with Gasteiger partial charge in [0.1, 0.15) is 0 Å². The molecule has 0 unspecified atom stereocenters. The van der Waals surface area contributed by atoms with Gasteiger partial charge in [0.15, 0.2) is 0 Å². The molecule has 0 bridgehead atoms. The molecule has 0 saturated heterocycles. The van der Waals surface area contributed by atoms with Crippen molar-refractivity contribution in [1.29, 1.82) is 0 Å². The Morgan fingerprint density at radius 3 is 1.88 bits per heavy atom. The molecule has 0 fully saturated rings. The van der Waals surface area contributed by atoms with Crippen molar-refractivity contribution in [1.82, 2.24) is 5.32 Å². The van der Waals surface area contributed by atoms with Crippen LogP contribution < -0.4 is 10.8 Å². The van der Waals surface area contributed by atoms with Crippen molar-refractivity contribution >= 4 is 30.4 Å². The van der Waals surface area contributed by atoms with Crippen LogP contribution in [0.1, 0.15) is 26.3 Å². The molecule has 25 heavy (non-hydrogen) atoms. The number of nitrogens with one attached hydrogen (secondary N) is 1. The number of rotatable bonds is 8. The molecule has 1 rings (SSSR count). The summed E-state index contributed by atoms with van der Waals surface area (Å²) in [5, 5.41) is 20.6. The maximum absolute atomic E-state index is 12.5. The fourth-order valence-corrected chi connectivity index (χ4v) is 2.30. The largest absolute Gasteiger partial charge is 0.488 e. The fourth-order valence-electron chi connectivity index (χ4n) is 2.30. The number of ether oxygens (including phenoxy) is 2. The summed E-state index contributed by atoms with van der Waals surface area (Å²) in [6, 6.07) is 5.91. The van der Waals surface area contributed by atoms with Gasteiger partial charge in [-0.25, -0.2) is 9.59 Å². The molecule has 136 valence electrons. The van der Waals surface area contributed by atoms with Crippen LogP contribution in [0.3, 0.4) is 0 Å². The number of hydrogen-bond acceptors (Lipinski definition) is 7. The Hall–Kier alpha value is -2.39. The smallest absolute Gasteiger partial charge is 0.464 e. The second-order valence-corrected chi connectivity index (χ2v) is 5.32. The zero-order chi connectivity index (χ0) is 19.0. The summed E-state index contributed by atoms with van der Waals surface area (Å²) in [6.45, 7) is 4.39. The first-order valence-electron chi connectivity index (χ1n) is 7.85. The Balaban J connectivity index is 3.28. The summed E-state index contributed by atoms with van der Waals surface area (Å²) in [4.78, 5) is 36.6. The number of carbonyl (C=O) groups is 3. The van der Waals surface area contributed by atoms with Crippen molar-refractivity contribution in [2.24, 2.45) is 0 Å². The molecule has 0 saturated carbocycles. The SMILES string of the molecule is CCOC(=O)C(Cc1ccc(B(O)O)cc1)(NC(C)=O)C(=O)OCC. The molecule has 0 atom stereocenters. The zero-order valence-corrected chi connectivity index (χ0v) is 14.4. The maximum atomic E-state index is 12.5. The summed E-state index contributed by atoms with van der Waals surface area (Å²) < 4.78 is 9.95. The third-order valence-corrected chi connectivity index (χ3v) is 3.38. The van der Waals surface area contributed by atoms with Crippen molar-refractivity contribution in [3.63, 3.8) is 0 Å². The van der Waals surface area contributed by atoms with Crippen LogP contribution in [0, 0.1) is 0 Å². The van der Waals surface area contributed by atoms with Gasteiger partial charge in [-0.2, -0.15) is 0 Å². The van der Waals surface area contributed by atoms with Crippen molar-refractivity contribution < 1.29 is 33.9 Å². The van der Waals surface area contributed by atoms with Crippen molar-refractivity contribution in [3.8, 4) is 0 Å². The standard InChI is InChI=1S/C16H22BNO7/c1-4-24-14(20)16(18-11(3)19,15(21)25-5-2)10-12-6-8-13(9-7-12)17(22)23/h6-9,22-23H,4-5,10H2,1-3H3,(H,18,19). The van der Waals surface area contributed by atoms with Gasteiger partial charge in [0.05, 0.1) is 13.2 Å². The Labute approximate surface area is 146 Å². The van der Waals surface area contributed by atoms with Gasteiger partial charge < -0.3 is 24.8 Å². The highest BCUT2D eigenvalue weighted by atomic mass is 16.6. The first-order chi connectivity index (χ1) is 11.8. The molecule has 1 aromatic rings. The van der Waals surface area contributed by atoms with Gasteiger partial charge in [0.2, 0.25) is 11.4 Å². The molecule has 0 heterocycles. The average molecular weight is 351 g/mol. The zero-order valence-electron chi connectivity index (χ0n) is 14.4. The average Bonchev–Trinajstić information content (AvgIpc) is 2.54. The molecule has 0 aliphatic heterocycles.